The second-order valence-electron chi connectivity index (χ2n) is 6.86. The fourth-order valence-corrected chi connectivity index (χ4v) is 6.58. The van der Waals surface area contributed by atoms with Crippen LogP contribution in [0.1, 0.15) is 12.8 Å². The number of nitrogens with zero attached hydrogens (tertiary/aromatic N) is 2. The molecule has 0 N–H and O–H groups in total. The maximum absolute atomic E-state index is 13.6. The summed E-state index contributed by atoms with van der Waals surface area (Å²) in [5, 5.41) is 2.94. The Kier molecular flexibility index (Phi) is 5.84. The first kappa shape index (κ1) is 20.6. The molecule has 2 heterocycles. The van der Waals surface area contributed by atoms with Gasteiger partial charge in [0.05, 0.1) is 15.8 Å². The van der Waals surface area contributed by atoms with Gasteiger partial charge in [-0.05, 0) is 49.2 Å². The topological polar surface area (TPSA) is 50.3 Å². The zero-order chi connectivity index (χ0) is 20.6. The SMILES string of the molecule is O=S(=O)(c1cccc(Cl)c1)C1CCN(c2nc(-c3cc(F)cc(Cl)c3)cs2)CC1. The molecule has 4 rings (SSSR count). The van der Waals surface area contributed by atoms with Crippen molar-refractivity contribution >= 4 is 49.5 Å². The minimum atomic E-state index is -3.42. The summed E-state index contributed by atoms with van der Waals surface area (Å²) < 4.78 is 39.4. The van der Waals surface area contributed by atoms with Crippen LogP contribution in [0.3, 0.4) is 0 Å². The smallest absolute Gasteiger partial charge is 0.185 e. The number of halogens is 3. The van der Waals surface area contributed by atoms with Crippen molar-refractivity contribution < 1.29 is 12.8 Å². The van der Waals surface area contributed by atoms with Crippen molar-refractivity contribution in [1.29, 1.82) is 0 Å². The molecule has 1 aromatic heterocycles. The van der Waals surface area contributed by atoms with Gasteiger partial charge in [-0.15, -0.1) is 11.3 Å². The van der Waals surface area contributed by atoms with Crippen LogP contribution in [0.5, 0.6) is 0 Å². The lowest BCUT2D eigenvalue weighted by Crippen LogP contribution is -2.39. The molecule has 3 aromatic rings. The Morgan fingerprint density at radius 3 is 2.52 bits per heavy atom. The van der Waals surface area contributed by atoms with Gasteiger partial charge < -0.3 is 4.90 Å². The summed E-state index contributed by atoms with van der Waals surface area (Å²) in [6, 6.07) is 10.7. The maximum atomic E-state index is 13.6. The molecular formula is C20H17Cl2FN2O2S2. The first-order valence-corrected chi connectivity index (χ1v) is 12.2. The van der Waals surface area contributed by atoms with E-state index in [1.165, 1.54) is 29.5 Å². The fraction of sp³-hybridized carbons (Fsp3) is 0.250. The first-order chi connectivity index (χ1) is 13.8. The number of aromatic nitrogens is 1. The van der Waals surface area contributed by atoms with E-state index in [4.69, 9.17) is 23.2 Å². The largest absolute Gasteiger partial charge is 0.348 e. The molecule has 1 fully saturated rings. The Bertz CT molecular complexity index is 1120. The van der Waals surface area contributed by atoms with Crippen LogP contribution in [0.2, 0.25) is 10.0 Å². The Morgan fingerprint density at radius 2 is 1.83 bits per heavy atom. The zero-order valence-electron chi connectivity index (χ0n) is 15.2. The summed E-state index contributed by atoms with van der Waals surface area (Å²) in [4.78, 5) is 6.93. The van der Waals surface area contributed by atoms with E-state index in [1.807, 2.05) is 5.38 Å². The van der Waals surface area contributed by atoms with Gasteiger partial charge in [-0.2, -0.15) is 0 Å². The quantitative estimate of drug-likeness (QED) is 0.490. The van der Waals surface area contributed by atoms with Crippen LogP contribution in [0.25, 0.3) is 11.3 Å². The van der Waals surface area contributed by atoms with Crippen molar-refractivity contribution in [2.75, 3.05) is 18.0 Å². The molecule has 0 amide bonds. The molecule has 0 aliphatic carbocycles. The highest BCUT2D eigenvalue weighted by atomic mass is 35.5. The van der Waals surface area contributed by atoms with Crippen LogP contribution in [-0.2, 0) is 9.84 Å². The Hall–Kier alpha value is -1.67. The van der Waals surface area contributed by atoms with E-state index in [1.54, 1.807) is 24.3 Å². The average Bonchev–Trinajstić information content (AvgIpc) is 3.18. The van der Waals surface area contributed by atoms with Gasteiger partial charge in [0, 0.05) is 34.1 Å². The molecule has 0 atom stereocenters. The molecular weight excluding hydrogens is 454 g/mol. The highest BCUT2D eigenvalue weighted by Crippen LogP contribution is 2.33. The zero-order valence-corrected chi connectivity index (χ0v) is 18.3. The van der Waals surface area contributed by atoms with Gasteiger partial charge in [-0.25, -0.2) is 17.8 Å². The summed E-state index contributed by atoms with van der Waals surface area (Å²) in [5.41, 5.74) is 1.27. The second kappa shape index (κ2) is 8.22. The van der Waals surface area contributed by atoms with Crippen molar-refractivity contribution in [2.45, 2.75) is 23.0 Å². The molecule has 4 nitrogen and oxygen atoms in total. The molecule has 1 aliphatic heterocycles. The van der Waals surface area contributed by atoms with E-state index < -0.39 is 20.9 Å². The van der Waals surface area contributed by atoms with Crippen LogP contribution in [0, 0.1) is 5.82 Å². The molecule has 0 saturated carbocycles. The standard InChI is InChI=1S/C20H17Cl2FN2O2S2/c21-14-2-1-3-18(11-14)29(26,27)17-4-6-25(7-5-17)20-24-19(12-28-20)13-8-15(22)10-16(23)9-13/h1-3,8-12,17H,4-7H2. The average molecular weight is 471 g/mol. The molecule has 0 radical (unpaired) electrons. The van der Waals surface area contributed by atoms with Crippen LogP contribution in [0.15, 0.2) is 52.7 Å². The van der Waals surface area contributed by atoms with Crippen LogP contribution in [0.4, 0.5) is 9.52 Å². The van der Waals surface area contributed by atoms with Gasteiger partial charge in [-0.3, -0.25) is 0 Å². The summed E-state index contributed by atoms with van der Waals surface area (Å²) in [7, 11) is -3.42. The molecule has 2 aromatic carbocycles. The van der Waals surface area contributed by atoms with E-state index in [2.05, 4.69) is 9.88 Å². The Balaban J connectivity index is 1.47. The number of hydrogen-bond acceptors (Lipinski definition) is 5. The monoisotopic (exact) mass is 470 g/mol. The predicted molar refractivity (Wildman–Crippen MR) is 116 cm³/mol. The second-order valence-corrected chi connectivity index (χ2v) is 10.8. The molecule has 1 saturated heterocycles. The third-order valence-corrected chi connectivity index (χ3v) is 8.54. The van der Waals surface area contributed by atoms with Gasteiger partial charge in [0.2, 0.25) is 0 Å². The number of sulfone groups is 1. The minimum Gasteiger partial charge on any atom is -0.348 e. The van der Waals surface area contributed by atoms with Gasteiger partial charge in [0.25, 0.3) is 0 Å². The lowest BCUT2D eigenvalue weighted by atomic mass is 10.1. The Labute approximate surface area is 182 Å². The van der Waals surface area contributed by atoms with E-state index in [-0.39, 0.29) is 4.90 Å². The van der Waals surface area contributed by atoms with Crippen LogP contribution < -0.4 is 4.90 Å². The number of hydrogen-bond donors (Lipinski definition) is 0. The fourth-order valence-electron chi connectivity index (χ4n) is 3.44. The van der Waals surface area contributed by atoms with Gasteiger partial charge in [-0.1, -0.05) is 29.3 Å². The number of anilines is 1. The molecule has 0 unspecified atom stereocenters. The highest BCUT2D eigenvalue weighted by molar-refractivity contribution is 7.92. The van der Waals surface area contributed by atoms with Gasteiger partial charge in [0.15, 0.2) is 15.0 Å². The Morgan fingerprint density at radius 1 is 1.07 bits per heavy atom. The van der Waals surface area contributed by atoms with Crippen molar-refractivity contribution in [3.05, 3.63) is 63.7 Å². The molecule has 0 spiro atoms. The first-order valence-electron chi connectivity index (χ1n) is 8.99. The number of benzene rings is 2. The van der Waals surface area contributed by atoms with Gasteiger partial charge in [0.1, 0.15) is 5.82 Å². The highest BCUT2D eigenvalue weighted by Gasteiger charge is 2.32. The molecule has 0 bridgehead atoms. The summed E-state index contributed by atoms with van der Waals surface area (Å²) in [6.45, 7) is 1.17. The molecule has 29 heavy (non-hydrogen) atoms. The summed E-state index contributed by atoms with van der Waals surface area (Å²) >= 11 is 13.3. The van der Waals surface area contributed by atoms with Crippen molar-refractivity contribution in [3.8, 4) is 11.3 Å². The predicted octanol–water partition coefficient (Wildman–Crippen LogP) is 5.70. The van der Waals surface area contributed by atoms with E-state index in [0.717, 1.165) is 5.13 Å². The minimum absolute atomic E-state index is 0.267. The van der Waals surface area contributed by atoms with E-state index >= 15 is 0 Å². The number of thiazole rings is 1. The molecule has 152 valence electrons. The summed E-state index contributed by atoms with van der Waals surface area (Å²) in [6.07, 6.45) is 1.02. The third kappa shape index (κ3) is 4.43. The van der Waals surface area contributed by atoms with E-state index in [0.29, 0.717) is 47.2 Å². The van der Waals surface area contributed by atoms with Crippen molar-refractivity contribution in [2.24, 2.45) is 0 Å². The van der Waals surface area contributed by atoms with Crippen molar-refractivity contribution in [1.82, 2.24) is 4.98 Å². The number of piperidine rings is 1. The van der Waals surface area contributed by atoms with Crippen LogP contribution in [-0.4, -0.2) is 31.7 Å². The molecule has 1 aliphatic rings. The van der Waals surface area contributed by atoms with Gasteiger partial charge >= 0.3 is 0 Å². The normalized spacial score (nSPS) is 15.6. The van der Waals surface area contributed by atoms with E-state index in [9.17, 15) is 12.8 Å². The van der Waals surface area contributed by atoms with Crippen LogP contribution >= 0.6 is 34.5 Å². The molecule has 9 heteroatoms. The number of rotatable bonds is 4. The summed E-state index contributed by atoms with van der Waals surface area (Å²) in [5.74, 6) is -0.408. The van der Waals surface area contributed by atoms with Crippen molar-refractivity contribution in [3.63, 3.8) is 0 Å². The maximum Gasteiger partial charge on any atom is 0.185 e. The third-order valence-electron chi connectivity index (χ3n) is 4.93. The lowest BCUT2D eigenvalue weighted by molar-refractivity contribution is 0.529. The lowest BCUT2D eigenvalue weighted by Gasteiger charge is -2.31.